The van der Waals surface area contributed by atoms with Crippen molar-refractivity contribution in [1.29, 1.82) is 0 Å². The summed E-state index contributed by atoms with van der Waals surface area (Å²) >= 11 is 4.96. The van der Waals surface area contributed by atoms with Crippen molar-refractivity contribution in [2.75, 3.05) is 20.8 Å². The molecule has 5 nitrogen and oxygen atoms in total. The third-order valence-electron chi connectivity index (χ3n) is 3.80. The molecule has 140 valence electrons. The van der Waals surface area contributed by atoms with Gasteiger partial charge in [-0.1, -0.05) is 45.4 Å². The van der Waals surface area contributed by atoms with Crippen LogP contribution in [-0.2, 0) is 0 Å². The van der Waals surface area contributed by atoms with E-state index >= 15 is 0 Å². The summed E-state index contributed by atoms with van der Waals surface area (Å²) < 4.78 is 11.3. The molecule has 6 heteroatoms. The molecule has 0 bridgehead atoms. The van der Waals surface area contributed by atoms with Gasteiger partial charge in [0, 0.05) is 7.05 Å². The zero-order chi connectivity index (χ0) is 18.3. The summed E-state index contributed by atoms with van der Waals surface area (Å²) in [5, 5.41) is 7.32. The molecule has 25 heavy (non-hydrogen) atoms. The highest BCUT2D eigenvalue weighted by Gasteiger charge is 2.05. The summed E-state index contributed by atoms with van der Waals surface area (Å²) in [7, 11) is 3.39. The summed E-state index contributed by atoms with van der Waals surface area (Å²) in [6.07, 6.45) is 10.6. The normalized spacial score (nSPS) is 10.7. The molecule has 0 atom stereocenters. The minimum atomic E-state index is 0.470. The average Bonchev–Trinajstić information content (AvgIpc) is 2.64. The number of benzene rings is 1. The Morgan fingerprint density at radius 2 is 1.84 bits per heavy atom. The van der Waals surface area contributed by atoms with Crippen LogP contribution in [0.2, 0.25) is 0 Å². The van der Waals surface area contributed by atoms with E-state index in [2.05, 4.69) is 22.8 Å². The van der Waals surface area contributed by atoms with Gasteiger partial charge in [0.1, 0.15) is 0 Å². The van der Waals surface area contributed by atoms with Crippen molar-refractivity contribution in [3.8, 4) is 11.5 Å². The van der Waals surface area contributed by atoms with Gasteiger partial charge in [0.15, 0.2) is 16.6 Å². The van der Waals surface area contributed by atoms with Gasteiger partial charge in [-0.05, 0) is 42.4 Å². The van der Waals surface area contributed by atoms with Crippen molar-refractivity contribution in [1.82, 2.24) is 10.7 Å². The Morgan fingerprint density at radius 3 is 2.52 bits per heavy atom. The lowest BCUT2D eigenvalue weighted by molar-refractivity contribution is 0.284. The number of methoxy groups -OCH3 is 1. The molecule has 0 saturated carbocycles. The highest BCUT2D eigenvalue weighted by molar-refractivity contribution is 7.80. The van der Waals surface area contributed by atoms with Gasteiger partial charge < -0.3 is 14.8 Å². The van der Waals surface area contributed by atoms with Crippen LogP contribution in [0.4, 0.5) is 0 Å². The highest BCUT2D eigenvalue weighted by Crippen LogP contribution is 2.27. The number of rotatable bonds is 12. The Hall–Kier alpha value is -1.82. The van der Waals surface area contributed by atoms with Crippen LogP contribution in [0.3, 0.4) is 0 Å². The number of hydrazone groups is 1. The Morgan fingerprint density at radius 1 is 1.12 bits per heavy atom. The second-order valence-electron chi connectivity index (χ2n) is 5.83. The zero-order valence-corrected chi connectivity index (χ0v) is 16.5. The molecular weight excluding hydrogens is 334 g/mol. The van der Waals surface area contributed by atoms with E-state index in [1.807, 2.05) is 18.2 Å². The van der Waals surface area contributed by atoms with Gasteiger partial charge in [0.05, 0.1) is 19.9 Å². The molecule has 0 amide bonds. The maximum atomic E-state index is 5.85. The quantitative estimate of drug-likeness (QED) is 0.251. The number of ether oxygens (including phenoxy) is 2. The molecule has 0 aliphatic heterocycles. The van der Waals surface area contributed by atoms with Crippen LogP contribution in [0.15, 0.2) is 23.3 Å². The Bertz CT molecular complexity index is 535. The van der Waals surface area contributed by atoms with Crippen molar-refractivity contribution in [2.24, 2.45) is 5.10 Å². The van der Waals surface area contributed by atoms with E-state index in [4.69, 9.17) is 21.7 Å². The number of unbranched alkanes of at least 4 members (excludes halogenated alkanes) is 6. The predicted octanol–water partition coefficient (Wildman–Crippen LogP) is 4.25. The third-order valence-corrected chi connectivity index (χ3v) is 4.10. The average molecular weight is 366 g/mol. The first-order valence-electron chi connectivity index (χ1n) is 9.02. The lowest BCUT2D eigenvalue weighted by Gasteiger charge is -2.11. The Balaban J connectivity index is 2.38. The maximum absolute atomic E-state index is 5.85. The van der Waals surface area contributed by atoms with E-state index in [0.717, 1.165) is 24.3 Å². The van der Waals surface area contributed by atoms with Crippen LogP contribution < -0.4 is 20.2 Å². The first-order chi connectivity index (χ1) is 12.2. The SMILES string of the molecule is CCCCCCCCCOc1ccc(/C=N/NC(=S)NC)cc1OC. The topological polar surface area (TPSA) is 54.9 Å². The molecule has 0 aliphatic carbocycles. The standard InChI is InChI=1S/C19H31N3O2S/c1-4-5-6-7-8-9-10-13-24-17-12-11-16(14-18(17)23-3)15-21-22-19(25)20-2/h11-12,14-15H,4-10,13H2,1-3H3,(H2,20,22,25)/b21-15+. The van der Waals surface area contributed by atoms with E-state index in [1.165, 1.54) is 38.5 Å². The summed E-state index contributed by atoms with van der Waals surface area (Å²) in [4.78, 5) is 0. The number of nitrogens with one attached hydrogen (secondary N) is 2. The first-order valence-corrected chi connectivity index (χ1v) is 9.43. The molecule has 1 rings (SSSR count). The lowest BCUT2D eigenvalue weighted by Crippen LogP contribution is -2.28. The highest BCUT2D eigenvalue weighted by atomic mass is 32.1. The number of thiocarbonyl (C=S) groups is 1. The van der Waals surface area contributed by atoms with E-state index in [0.29, 0.717) is 10.9 Å². The van der Waals surface area contributed by atoms with E-state index in [-0.39, 0.29) is 0 Å². The lowest BCUT2D eigenvalue weighted by atomic mass is 10.1. The van der Waals surface area contributed by atoms with E-state index in [9.17, 15) is 0 Å². The summed E-state index contributed by atoms with van der Waals surface area (Å²) in [6.45, 7) is 2.96. The second-order valence-corrected chi connectivity index (χ2v) is 6.24. The van der Waals surface area contributed by atoms with Crippen LogP contribution >= 0.6 is 12.2 Å². The van der Waals surface area contributed by atoms with E-state index in [1.54, 1.807) is 20.4 Å². The molecule has 0 unspecified atom stereocenters. The zero-order valence-electron chi connectivity index (χ0n) is 15.6. The van der Waals surface area contributed by atoms with Crippen molar-refractivity contribution in [2.45, 2.75) is 51.9 Å². The van der Waals surface area contributed by atoms with Crippen molar-refractivity contribution < 1.29 is 9.47 Å². The molecular formula is C19H31N3O2S. The van der Waals surface area contributed by atoms with Crippen LogP contribution in [0.25, 0.3) is 0 Å². The molecule has 0 radical (unpaired) electrons. The predicted molar refractivity (Wildman–Crippen MR) is 109 cm³/mol. The Labute approximate surface area is 157 Å². The van der Waals surface area contributed by atoms with Crippen molar-refractivity contribution in [3.05, 3.63) is 23.8 Å². The molecule has 0 saturated heterocycles. The summed E-state index contributed by atoms with van der Waals surface area (Å²) in [5.41, 5.74) is 3.63. The minimum Gasteiger partial charge on any atom is -0.493 e. The fraction of sp³-hybridized carbons (Fsp3) is 0.579. The van der Waals surface area contributed by atoms with Gasteiger partial charge in [0.2, 0.25) is 0 Å². The van der Waals surface area contributed by atoms with Crippen LogP contribution in [0.1, 0.15) is 57.4 Å². The fourth-order valence-electron chi connectivity index (χ4n) is 2.35. The third kappa shape index (κ3) is 9.29. The number of hydrogen-bond donors (Lipinski definition) is 2. The van der Waals surface area contributed by atoms with Crippen molar-refractivity contribution in [3.63, 3.8) is 0 Å². The van der Waals surface area contributed by atoms with Gasteiger partial charge in [-0.2, -0.15) is 5.10 Å². The van der Waals surface area contributed by atoms with E-state index < -0.39 is 0 Å². The molecule has 0 aromatic heterocycles. The van der Waals surface area contributed by atoms with Crippen LogP contribution in [-0.4, -0.2) is 32.1 Å². The fourth-order valence-corrected chi connectivity index (χ4v) is 2.40. The molecule has 0 spiro atoms. The molecule has 0 fully saturated rings. The number of hydrogen-bond acceptors (Lipinski definition) is 4. The van der Waals surface area contributed by atoms with Gasteiger partial charge in [-0.3, -0.25) is 5.43 Å². The van der Waals surface area contributed by atoms with Crippen LogP contribution in [0, 0.1) is 0 Å². The smallest absolute Gasteiger partial charge is 0.186 e. The molecule has 0 aliphatic rings. The largest absolute Gasteiger partial charge is 0.493 e. The van der Waals surface area contributed by atoms with Gasteiger partial charge in [-0.25, -0.2) is 0 Å². The molecule has 2 N–H and O–H groups in total. The second kappa shape index (κ2) is 13.5. The maximum Gasteiger partial charge on any atom is 0.186 e. The van der Waals surface area contributed by atoms with Gasteiger partial charge in [0.25, 0.3) is 0 Å². The number of nitrogens with zero attached hydrogens (tertiary/aromatic N) is 1. The molecule has 0 heterocycles. The summed E-state index contributed by atoms with van der Waals surface area (Å²) in [5.74, 6) is 1.48. The first kappa shape index (κ1) is 21.2. The minimum absolute atomic E-state index is 0.470. The van der Waals surface area contributed by atoms with Crippen LogP contribution in [0.5, 0.6) is 11.5 Å². The van der Waals surface area contributed by atoms with Crippen molar-refractivity contribution >= 4 is 23.5 Å². The summed E-state index contributed by atoms with van der Waals surface area (Å²) in [6, 6.07) is 5.75. The molecule has 1 aromatic carbocycles. The van der Waals surface area contributed by atoms with Gasteiger partial charge in [-0.15, -0.1) is 0 Å². The molecule has 1 aromatic rings. The monoisotopic (exact) mass is 365 g/mol. The van der Waals surface area contributed by atoms with Gasteiger partial charge >= 0.3 is 0 Å². The Kier molecular flexibility index (Phi) is 11.4.